The minimum atomic E-state index is 0.538. The Hall–Kier alpha value is -1.56. The summed E-state index contributed by atoms with van der Waals surface area (Å²) in [6.07, 6.45) is 0. The summed E-state index contributed by atoms with van der Waals surface area (Å²) in [5, 5.41) is 0. The Balaban J connectivity index is 2.46. The van der Waals surface area contributed by atoms with Crippen molar-refractivity contribution in [1.29, 1.82) is 0 Å². The van der Waals surface area contributed by atoms with Crippen LogP contribution in [-0.2, 0) is 0 Å². The lowest BCUT2D eigenvalue weighted by Gasteiger charge is -2.27. The normalized spacial score (nSPS) is 14.1. The van der Waals surface area contributed by atoms with Crippen LogP contribution in [-0.4, -0.2) is 0 Å². The smallest absolute Gasteiger partial charge is 0.0119 e. The van der Waals surface area contributed by atoms with Crippen LogP contribution in [0.5, 0.6) is 0 Å². The van der Waals surface area contributed by atoms with Crippen LogP contribution in [0, 0.1) is 27.7 Å². The van der Waals surface area contributed by atoms with Crippen molar-refractivity contribution in [2.75, 3.05) is 0 Å². The first kappa shape index (κ1) is 14.8. The largest absolute Gasteiger partial charge is 0.0617 e. The Kier molecular flexibility index (Phi) is 4.32. The van der Waals surface area contributed by atoms with E-state index in [1.165, 1.54) is 33.4 Å². The van der Waals surface area contributed by atoms with Crippen LogP contribution in [0.2, 0.25) is 0 Å². The molecule has 0 aliphatic rings. The topological polar surface area (TPSA) is 0 Å². The molecule has 0 heterocycles. The molecule has 0 nitrogen and oxygen atoms in total. The summed E-state index contributed by atoms with van der Waals surface area (Å²) >= 11 is 0. The van der Waals surface area contributed by atoms with Crippen LogP contribution in [0.15, 0.2) is 36.4 Å². The van der Waals surface area contributed by atoms with Gasteiger partial charge >= 0.3 is 0 Å². The number of rotatable bonds is 3. The Bertz CT molecular complexity index is 511. The van der Waals surface area contributed by atoms with Crippen molar-refractivity contribution < 1.29 is 0 Å². The maximum Gasteiger partial charge on any atom is -0.0119 e. The van der Waals surface area contributed by atoms with Gasteiger partial charge in [-0.2, -0.15) is 0 Å². The van der Waals surface area contributed by atoms with Crippen molar-refractivity contribution in [2.24, 2.45) is 0 Å². The molecule has 0 fully saturated rings. The second kappa shape index (κ2) is 5.83. The standard InChI is InChI=1S/C20H26/c1-13-9-7-10-14(2)19(13)17(5)18(6)20-15(3)11-8-12-16(20)4/h7-12,17-18H,1-6H3/t17-,18-/m0/s1. The molecule has 0 unspecified atom stereocenters. The molecule has 0 saturated heterocycles. The predicted molar refractivity (Wildman–Crippen MR) is 88.7 cm³/mol. The van der Waals surface area contributed by atoms with Crippen molar-refractivity contribution in [1.82, 2.24) is 0 Å². The summed E-state index contributed by atoms with van der Waals surface area (Å²) in [6.45, 7) is 13.7. The third-order valence-electron chi connectivity index (χ3n) is 4.74. The molecular formula is C20H26. The molecule has 2 atom stereocenters. The van der Waals surface area contributed by atoms with Crippen molar-refractivity contribution in [3.05, 3.63) is 69.8 Å². The highest BCUT2D eigenvalue weighted by atomic mass is 14.3. The highest BCUT2D eigenvalue weighted by Gasteiger charge is 2.21. The van der Waals surface area contributed by atoms with Gasteiger partial charge in [-0.3, -0.25) is 0 Å². The highest BCUT2D eigenvalue weighted by Crippen LogP contribution is 2.38. The maximum atomic E-state index is 2.37. The first-order valence-electron chi connectivity index (χ1n) is 7.55. The molecule has 2 rings (SSSR count). The second-order valence-electron chi connectivity index (χ2n) is 6.19. The van der Waals surface area contributed by atoms with Crippen molar-refractivity contribution >= 4 is 0 Å². The summed E-state index contributed by atoms with van der Waals surface area (Å²) in [7, 11) is 0. The highest BCUT2D eigenvalue weighted by molar-refractivity contribution is 5.42. The van der Waals surface area contributed by atoms with Gasteiger partial charge in [0, 0.05) is 0 Å². The first-order valence-corrected chi connectivity index (χ1v) is 7.55. The molecule has 0 aliphatic heterocycles. The van der Waals surface area contributed by atoms with E-state index in [4.69, 9.17) is 0 Å². The van der Waals surface area contributed by atoms with Crippen LogP contribution < -0.4 is 0 Å². The lowest BCUT2D eigenvalue weighted by Crippen LogP contribution is -2.10. The van der Waals surface area contributed by atoms with E-state index < -0.39 is 0 Å². The third kappa shape index (κ3) is 2.65. The Labute approximate surface area is 123 Å². The van der Waals surface area contributed by atoms with Gasteiger partial charge in [0.1, 0.15) is 0 Å². The average molecular weight is 266 g/mol. The summed E-state index contributed by atoms with van der Waals surface area (Å²) in [6, 6.07) is 13.2. The minimum Gasteiger partial charge on any atom is -0.0617 e. The van der Waals surface area contributed by atoms with E-state index in [0.717, 1.165) is 0 Å². The SMILES string of the molecule is Cc1cccc(C)c1[C@@H](C)[C@H](C)c1c(C)cccc1C. The summed E-state index contributed by atoms with van der Waals surface area (Å²) in [5.74, 6) is 1.08. The molecule has 0 N–H and O–H groups in total. The Morgan fingerprint density at radius 2 is 0.800 bits per heavy atom. The van der Waals surface area contributed by atoms with Gasteiger partial charge < -0.3 is 0 Å². The molecule has 106 valence electrons. The summed E-state index contributed by atoms with van der Waals surface area (Å²) in [4.78, 5) is 0. The Morgan fingerprint density at radius 1 is 0.550 bits per heavy atom. The molecule has 2 aromatic carbocycles. The zero-order valence-corrected chi connectivity index (χ0v) is 13.6. The van der Waals surface area contributed by atoms with Crippen LogP contribution in [0.25, 0.3) is 0 Å². The predicted octanol–water partition coefficient (Wildman–Crippen LogP) is 5.83. The number of hydrogen-bond donors (Lipinski definition) is 0. The van der Waals surface area contributed by atoms with Gasteiger partial charge in [0.05, 0.1) is 0 Å². The van der Waals surface area contributed by atoms with E-state index in [9.17, 15) is 0 Å². The molecule has 0 aromatic heterocycles. The van der Waals surface area contributed by atoms with Crippen LogP contribution in [0.3, 0.4) is 0 Å². The molecule has 20 heavy (non-hydrogen) atoms. The van der Waals surface area contributed by atoms with E-state index in [1.54, 1.807) is 0 Å². The number of benzene rings is 2. The monoisotopic (exact) mass is 266 g/mol. The minimum absolute atomic E-state index is 0.538. The van der Waals surface area contributed by atoms with E-state index >= 15 is 0 Å². The average Bonchev–Trinajstić information content (AvgIpc) is 2.37. The molecule has 0 heteroatoms. The van der Waals surface area contributed by atoms with Gasteiger partial charge in [-0.15, -0.1) is 0 Å². The zero-order chi connectivity index (χ0) is 14.9. The van der Waals surface area contributed by atoms with Crippen LogP contribution in [0.1, 0.15) is 59.1 Å². The molecule has 2 aromatic rings. The molecule has 0 bridgehead atoms. The molecule has 0 saturated carbocycles. The molecule has 0 amide bonds. The summed E-state index contributed by atoms with van der Waals surface area (Å²) < 4.78 is 0. The maximum absolute atomic E-state index is 2.37. The van der Waals surface area contributed by atoms with Gasteiger partial charge in [0.15, 0.2) is 0 Å². The van der Waals surface area contributed by atoms with E-state index in [-0.39, 0.29) is 0 Å². The fourth-order valence-corrected chi connectivity index (χ4v) is 3.59. The van der Waals surface area contributed by atoms with E-state index in [0.29, 0.717) is 11.8 Å². The quantitative estimate of drug-likeness (QED) is 0.656. The molecular weight excluding hydrogens is 240 g/mol. The Morgan fingerprint density at radius 3 is 1.05 bits per heavy atom. The number of hydrogen-bond acceptors (Lipinski definition) is 0. The third-order valence-corrected chi connectivity index (χ3v) is 4.74. The fourth-order valence-electron chi connectivity index (χ4n) is 3.59. The second-order valence-corrected chi connectivity index (χ2v) is 6.19. The van der Waals surface area contributed by atoms with Gasteiger partial charge in [0.2, 0.25) is 0 Å². The van der Waals surface area contributed by atoms with Crippen molar-refractivity contribution in [2.45, 2.75) is 53.4 Å². The van der Waals surface area contributed by atoms with E-state index in [2.05, 4.69) is 77.9 Å². The molecule has 0 aliphatic carbocycles. The van der Waals surface area contributed by atoms with Gasteiger partial charge in [0.25, 0.3) is 0 Å². The van der Waals surface area contributed by atoms with Crippen LogP contribution in [0.4, 0.5) is 0 Å². The van der Waals surface area contributed by atoms with E-state index in [1.807, 2.05) is 0 Å². The molecule has 0 radical (unpaired) electrons. The van der Waals surface area contributed by atoms with Crippen molar-refractivity contribution in [3.63, 3.8) is 0 Å². The lowest BCUT2D eigenvalue weighted by atomic mass is 9.78. The van der Waals surface area contributed by atoms with Gasteiger partial charge in [-0.1, -0.05) is 50.2 Å². The van der Waals surface area contributed by atoms with Crippen molar-refractivity contribution in [3.8, 4) is 0 Å². The fraction of sp³-hybridized carbons (Fsp3) is 0.400. The van der Waals surface area contributed by atoms with Crippen LogP contribution >= 0.6 is 0 Å². The zero-order valence-electron chi connectivity index (χ0n) is 13.6. The van der Waals surface area contributed by atoms with Gasteiger partial charge in [-0.25, -0.2) is 0 Å². The number of aryl methyl sites for hydroxylation is 4. The molecule has 0 spiro atoms. The van der Waals surface area contributed by atoms with Gasteiger partial charge in [-0.05, 0) is 72.9 Å². The summed E-state index contributed by atoms with van der Waals surface area (Å²) in [5.41, 5.74) is 8.68. The first-order chi connectivity index (χ1) is 9.43. The lowest BCUT2D eigenvalue weighted by molar-refractivity contribution is 0.611.